The van der Waals surface area contributed by atoms with E-state index in [9.17, 15) is 0 Å². The van der Waals surface area contributed by atoms with E-state index in [2.05, 4.69) is 24.0 Å². The lowest BCUT2D eigenvalue weighted by molar-refractivity contribution is 0.462. The third-order valence-electron chi connectivity index (χ3n) is 3.04. The first-order chi connectivity index (χ1) is 9.67. The Morgan fingerprint density at radius 1 is 1.10 bits per heavy atom. The average Bonchev–Trinajstić information content (AvgIpc) is 2.43. The fraction of sp³-hybridized carbons (Fsp3) is 0.353. The summed E-state index contributed by atoms with van der Waals surface area (Å²) in [6, 6.07) is 12.2. The number of ether oxygens (including phenoxy) is 1. The molecule has 20 heavy (non-hydrogen) atoms. The molecule has 2 aromatic rings. The van der Waals surface area contributed by atoms with Crippen molar-refractivity contribution in [1.82, 2.24) is 4.98 Å². The average molecular weight is 270 g/mol. The second-order valence-electron chi connectivity index (χ2n) is 5.18. The number of aryl methyl sites for hydroxylation is 1. The number of hydrogen-bond donors (Lipinski definition) is 1. The van der Waals surface area contributed by atoms with Gasteiger partial charge in [-0.25, -0.2) is 4.98 Å². The third kappa shape index (κ3) is 4.35. The van der Waals surface area contributed by atoms with Crippen LogP contribution in [0.4, 0.5) is 0 Å². The van der Waals surface area contributed by atoms with Gasteiger partial charge in [0.15, 0.2) is 0 Å². The van der Waals surface area contributed by atoms with E-state index in [0.717, 1.165) is 30.6 Å². The summed E-state index contributed by atoms with van der Waals surface area (Å²) in [6.07, 6.45) is 4.91. The second-order valence-corrected chi connectivity index (χ2v) is 5.18. The molecule has 0 aliphatic heterocycles. The van der Waals surface area contributed by atoms with Crippen molar-refractivity contribution >= 4 is 0 Å². The van der Waals surface area contributed by atoms with Crippen LogP contribution >= 0.6 is 0 Å². The van der Waals surface area contributed by atoms with Gasteiger partial charge in [0.1, 0.15) is 5.75 Å². The fourth-order valence-electron chi connectivity index (χ4n) is 2.10. The van der Waals surface area contributed by atoms with Crippen LogP contribution in [0, 0.1) is 0 Å². The monoisotopic (exact) mass is 270 g/mol. The highest BCUT2D eigenvalue weighted by atomic mass is 16.5. The summed E-state index contributed by atoms with van der Waals surface area (Å²) >= 11 is 0. The maximum absolute atomic E-state index is 5.77. The Hall–Kier alpha value is -1.87. The van der Waals surface area contributed by atoms with Gasteiger partial charge >= 0.3 is 0 Å². The SMILES string of the molecule is CCCc1ccc(Oc2ccc(CC(C)N)cn2)cc1. The van der Waals surface area contributed by atoms with Gasteiger partial charge in [0.05, 0.1) is 0 Å². The molecule has 1 unspecified atom stereocenters. The summed E-state index contributed by atoms with van der Waals surface area (Å²) in [5.41, 5.74) is 8.23. The lowest BCUT2D eigenvalue weighted by atomic mass is 10.1. The first-order valence-electron chi connectivity index (χ1n) is 7.14. The molecule has 0 aliphatic carbocycles. The van der Waals surface area contributed by atoms with Crippen molar-refractivity contribution in [3.05, 3.63) is 53.7 Å². The standard InChI is InChI=1S/C17H22N2O/c1-3-4-14-5-8-16(9-6-14)20-17-10-7-15(12-19-17)11-13(2)18/h5-10,12-13H,3-4,11,18H2,1-2H3. The predicted octanol–water partition coefficient (Wildman–Crippen LogP) is 3.72. The molecule has 0 bridgehead atoms. The summed E-state index contributed by atoms with van der Waals surface area (Å²) in [4.78, 5) is 4.31. The highest BCUT2D eigenvalue weighted by Gasteiger charge is 2.02. The predicted molar refractivity (Wildman–Crippen MR) is 82.1 cm³/mol. The Morgan fingerprint density at radius 3 is 2.35 bits per heavy atom. The molecule has 0 saturated heterocycles. The Kier molecular flexibility index (Phi) is 5.13. The molecule has 0 aliphatic rings. The normalized spacial score (nSPS) is 12.2. The van der Waals surface area contributed by atoms with E-state index >= 15 is 0 Å². The molecule has 0 fully saturated rings. The van der Waals surface area contributed by atoms with Gasteiger partial charge in [-0.15, -0.1) is 0 Å². The molecule has 3 heteroatoms. The van der Waals surface area contributed by atoms with E-state index in [1.54, 1.807) is 0 Å². The molecule has 106 valence electrons. The minimum Gasteiger partial charge on any atom is -0.439 e. The Labute approximate surface area is 120 Å². The topological polar surface area (TPSA) is 48.1 Å². The summed E-state index contributed by atoms with van der Waals surface area (Å²) in [5.74, 6) is 1.43. The Bertz CT molecular complexity index is 518. The van der Waals surface area contributed by atoms with E-state index < -0.39 is 0 Å². The first-order valence-corrected chi connectivity index (χ1v) is 7.14. The zero-order valence-electron chi connectivity index (χ0n) is 12.2. The minimum atomic E-state index is 0.148. The Balaban J connectivity index is 1.98. The van der Waals surface area contributed by atoms with E-state index in [1.165, 1.54) is 5.56 Å². The number of hydrogen-bond acceptors (Lipinski definition) is 3. The summed E-state index contributed by atoms with van der Waals surface area (Å²) in [7, 11) is 0. The van der Waals surface area contributed by atoms with Crippen LogP contribution in [0.3, 0.4) is 0 Å². The molecule has 2 rings (SSSR count). The first kappa shape index (κ1) is 14.5. The van der Waals surface area contributed by atoms with Crippen LogP contribution in [0.15, 0.2) is 42.6 Å². The lowest BCUT2D eigenvalue weighted by Gasteiger charge is -2.08. The molecule has 0 spiro atoms. The molecule has 2 N–H and O–H groups in total. The van der Waals surface area contributed by atoms with Crippen LogP contribution in [-0.2, 0) is 12.8 Å². The molecule has 3 nitrogen and oxygen atoms in total. The number of aromatic nitrogens is 1. The maximum Gasteiger partial charge on any atom is 0.219 e. The number of nitrogens with zero attached hydrogens (tertiary/aromatic N) is 1. The van der Waals surface area contributed by atoms with Crippen LogP contribution in [0.2, 0.25) is 0 Å². The quantitative estimate of drug-likeness (QED) is 0.870. The van der Waals surface area contributed by atoms with Crippen molar-refractivity contribution < 1.29 is 4.74 Å². The lowest BCUT2D eigenvalue weighted by Crippen LogP contribution is -2.17. The molecule has 1 atom stereocenters. The maximum atomic E-state index is 5.77. The molecule has 0 radical (unpaired) electrons. The van der Waals surface area contributed by atoms with Gasteiger partial charge in [0.25, 0.3) is 0 Å². The van der Waals surface area contributed by atoms with Gasteiger partial charge in [-0.3, -0.25) is 0 Å². The number of nitrogens with two attached hydrogens (primary N) is 1. The van der Waals surface area contributed by atoms with Gasteiger partial charge in [-0.05, 0) is 43.0 Å². The zero-order valence-corrected chi connectivity index (χ0v) is 12.2. The summed E-state index contributed by atoms with van der Waals surface area (Å²) in [6.45, 7) is 4.17. The van der Waals surface area contributed by atoms with E-state index in [-0.39, 0.29) is 6.04 Å². The molecular weight excluding hydrogens is 248 g/mol. The summed E-state index contributed by atoms with van der Waals surface area (Å²) in [5, 5.41) is 0. The van der Waals surface area contributed by atoms with Crippen molar-refractivity contribution in [3.8, 4) is 11.6 Å². The van der Waals surface area contributed by atoms with Gasteiger partial charge in [-0.1, -0.05) is 31.5 Å². The van der Waals surface area contributed by atoms with Crippen LogP contribution in [0.1, 0.15) is 31.4 Å². The van der Waals surface area contributed by atoms with Crippen LogP contribution in [0.5, 0.6) is 11.6 Å². The highest BCUT2D eigenvalue weighted by Crippen LogP contribution is 2.20. The number of benzene rings is 1. The molecule has 1 heterocycles. The van der Waals surface area contributed by atoms with Gasteiger partial charge in [-0.2, -0.15) is 0 Å². The largest absolute Gasteiger partial charge is 0.439 e. The van der Waals surface area contributed by atoms with E-state index in [0.29, 0.717) is 5.88 Å². The summed E-state index contributed by atoms with van der Waals surface area (Å²) < 4.78 is 5.73. The van der Waals surface area contributed by atoms with Crippen molar-refractivity contribution in [3.63, 3.8) is 0 Å². The minimum absolute atomic E-state index is 0.148. The van der Waals surface area contributed by atoms with Gasteiger partial charge < -0.3 is 10.5 Å². The van der Waals surface area contributed by atoms with Crippen LogP contribution < -0.4 is 10.5 Å². The van der Waals surface area contributed by atoms with E-state index in [4.69, 9.17) is 10.5 Å². The zero-order chi connectivity index (χ0) is 14.4. The third-order valence-corrected chi connectivity index (χ3v) is 3.04. The van der Waals surface area contributed by atoms with Crippen LogP contribution in [0.25, 0.3) is 0 Å². The number of rotatable bonds is 6. The Morgan fingerprint density at radius 2 is 1.80 bits per heavy atom. The number of pyridine rings is 1. The fourth-order valence-corrected chi connectivity index (χ4v) is 2.10. The molecule has 0 amide bonds. The van der Waals surface area contributed by atoms with Crippen LogP contribution in [-0.4, -0.2) is 11.0 Å². The molecule has 1 aromatic heterocycles. The van der Waals surface area contributed by atoms with Crippen molar-refractivity contribution in [1.29, 1.82) is 0 Å². The smallest absolute Gasteiger partial charge is 0.219 e. The highest BCUT2D eigenvalue weighted by molar-refractivity contribution is 5.31. The van der Waals surface area contributed by atoms with Gasteiger partial charge in [0, 0.05) is 18.3 Å². The van der Waals surface area contributed by atoms with E-state index in [1.807, 2.05) is 37.4 Å². The van der Waals surface area contributed by atoms with Gasteiger partial charge in [0.2, 0.25) is 5.88 Å². The van der Waals surface area contributed by atoms with Crippen molar-refractivity contribution in [2.24, 2.45) is 5.73 Å². The van der Waals surface area contributed by atoms with Crippen molar-refractivity contribution in [2.75, 3.05) is 0 Å². The molecule has 0 saturated carbocycles. The van der Waals surface area contributed by atoms with Crippen molar-refractivity contribution in [2.45, 2.75) is 39.2 Å². The second kappa shape index (κ2) is 7.06. The molecule has 1 aromatic carbocycles. The molecular formula is C17H22N2O.